The molecule has 0 saturated heterocycles. The largest absolute Gasteiger partial charge is 0.333 e. The van der Waals surface area contributed by atoms with Crippen LogP contribution in [-0.2, 0) is 0 Å². The van der Waals surface area contributed by atoms with Gasteiger partial charge in [0.1, 0.15) is 0 Å². The van der Waals surface area contributed by atoms with E-state index < -0.39 is 0 Å². The molecule has 0 saturated carbocycles. The zero-order chi connectivity index (χ0) is 10.4. The highest BCUT2D eigenvalue weighted by molar-refractivity contribution is 4.86. The van der Waals surface area contributed by atoms with Crippen LogP contribution in [-0.4, -0.2) is 22.6 Å². The summed E-state index contributed by atoms with van der Waals surface area (Å²) in [4.78, 5) is 4.10. The maximum atomic E-state index is 4.10. The second-order valence-electron chi connectivity index (χ2n) is 3.67. The Balaban J connectivity index is 2.68. The summed E-state index contributed by atoms with van der Waals surface area (Å²) in [6.07, 6.45) is 9.38. The molecule has 0 radical (unpaired) electrons. The maximum Gasteiger partial charge on any atom is 0.0949 e. The zero-order valence-corrected chi connectivity index (χ0v) is 9.40. The molecule has 0 aliphatic heterocycles. The average Bonchev–Trinajstić information content (AvgIpc) is 2.71. The Morgan fingerprint density at radius 1 is 1.43 bits per heavy atom. The first-order chi connectivity index (χ1) is 6.83. The van der Waals surface area contributed by atoms with Gasteiger partial charge in [0.25, 0.3) is 0 Å². The molecule has 3 heteroatoms. The lowest BCUT2D eigenvalue weighted by atomic mass is 10.0. The third kappa shape index (κ3) is 2.58. The summed E-state index contributed by atoms with van der Waals surface area (Å²) in [5.74, 6) is 0. The van der Waals surface area contributed by atoms with E-state index in [4.69, 9.17) is 0 Å². The molecular weight excluding hydrogens is 174 g/mol. The summed E-state index contributed by atoms with van der Waals surface area (Å²) in [6, 6.07) is 1.08. The van der Waals surface area contributed by atoms with Crippen LogP contribution in [0.15, 0.2) is 18.7 Å². The number of imidazole rings is 1. The van der Waals surface area contributed by atoms with Crippen molar-refractivity contribution in [3.8, 4) is 0 Å². The molecule has 0 amide bonds. The molecule has 0 bridgehead atoms. The molecule has 0 aliphatic rings. The molecule has 1 heterocycles. The van der Waals surface area contributed by atoms with Crippen molar-refractivity contribution in [1.82, 2.24) is 14.9 Å². The average molecular weight is 195 g/mol. The van der Waals surface area contributed by atoms with E-state index in [1.807, 2.05) is 25.8 Å². The van der Waals surface area contributed by atoms with Gasteiger partial charge in [0.2, 0.25) is 0 Å². The smallest absolute Gasteiger partial charge is 0.0949 e. The lowest BCUT2D eigenvalue weighted by Crippen LogP contribution is -2.34. The minimum atomic E-state index is 0.530. The SMILES string of the molecule is CCCC(NC)C(CC)n1ccnc1. The van der Waals surface area contributed by atoms with Crippen molar-refractivity contribution >= 4 is 0 Å². The minimum Gasteiger partial charge on any atom is -0.333 e. The number of rotatable bonds is 6. The Labute approximate surface area is 86.5 Å². The summed E-state index contributed by atoms with van der Waals surface area (Å²) in [7, 11) is 2.04. The first-order valence-electron chi connectivity index (χ1n) is 5.48. The van der Waals surface area contributed by atoms with Crippen LogP contribution in [0.25, 0.3) is 0 Å². The van der Waals surface area contributed by atoms with Crippen molar-refractivity contribution in [2.45, 2.75) is 45.2 Å². The van der Waals surface area contributed by atoms with Gasteiger partial charge in [-0.1, -0.05) is 20.3 Å². The van der Waals surface area contributed by atoms with Crippen molar-refractivity contribution in [1.29, 1.82) is 0 Å². The Bertz CT molecular complexity index is 231. The van der Waals surface area contributed by atoms with E-state index in [9.17, 15) is 0 Å². The van der Waals surface area contributed by atoms with E-state index >= 15 is 0 Å². The highest BCUT2D eigenvalue weighted by Crippen LogP contribution is 2.18. The molecule has 14 heavy (non-hydrogen) atoms. The molecule has 2 unspecified atom stereocenters. The van der Waals surface area contributed by atoms with Crippen LogP contribution in [0.5, 0.6) is 0 Å². The predicted molar refractivity (Wildman–Crippen MR) is 59.3 cm³/mol. The summed E-state index contributed by atoms with van der Waals surface area (Å²) in [5.41, 5.74) is 0. The molecule has 0 spiro atoms. The quantitative estimate of drug-likeness (QED) is 0.754. The molecule has 80 valence electrons. The molecule has 0 aliphatic carbocycles. The monoisotopic (exact) mass is 195 g/mol. The highest BCUT2D eigenvalue weighted by Gasteiger charge is 2.18. The van der Waals surface area contributed by atoms with Gasteiger partial charge in [-0.05, 0) is 19.9 Å². The highest BCUT2D eigenvalue weighted by atomic mass is 15.1. The van der Waals surface area contributed by atoms with Gasteiger partial charge in [-0.15, -0.1) is 0 Å². The second-order valence-corrected chi connectivity index (χ2v) is 3.67. The van der Waals surface area contributed by atoms with Gasteiger partial charge in [0.05, 0.1) is 6.33 Å². The van der Waals surface area contributed by atoms with Crippen LogP contribution in [0, 0.1) is 0 Å². The number of nitrogens with one attached hydrogen (secondary N) is 1. The molecule has 0 fully saturated rings. The number of hydrogen-bond acceptors (Lipinski definition) is 2. The topological polar surface area (TPSA) is 29.9 Å². The van der Waals surface area contributed by atoms with Crippen molar-refractivity contribution in [3.05, 3.63) is 18.7 Å². The number of aromatic nitrogens is 2. The van der Waals surface area contributed by atoms with Gasteiger partial charge in [0.15, 0.2) is 0 Å². The zero-order valence-electron chi connectivity index (χ0n) is 9.40. The summed E-state index contributed by atoms with van der Waals surface area (Å²) in [6.45, 7) is 4.45. The lowest BCUT2D eigenvalue weighted by molar-refractivity contribution is 0.336. The van der Waals surface area contributed by atoms with Gasteiger partial charge in [-0.3, -0.25) is 0 Å². The van der Waals surface area contributed by atoms with Crippen LogP contribution in [0.2, 0.25) is 0 Å². The first kappa shape index (κ1) is 11.2. The van der Waals surface area contributed by atoms with Crippen LogP contribution in [0.3, 0.4) is 0 Å². The summed E-state index contributed by atoms with van der Waals surface area (Å²) < 4.78 is 2.21. The molecule has 2 atom stereocenters. The molecule has 1 N–H and O–H groups in total. The van der Waals surface area contributed by atoms with E-state index in [-0.39, 0.29) is 0 Å². The number of nitrogens with zero attached hydrogens (tertiary/aromatic N) is 2. The van der Waals surface area contributed by atoms with E-state index in [0.29, 0.717) is 12.1 Å². The standard InChI is InChI=1S/C11H21N3/c1-4-6-10(12-3)11(5-2)14-8-7-13-9-14/h7-12H,4-6H2,1-3H3. The minimum absolute atomic E-state index is 0.530. The van der Waals surface area contributed by atoms with E-state index in [1.165, 1.54) is 12.8 Å². The van der Waals surface area contributed by atoms with Gasteiger partial charge in [0, 0.05) is 24.5 Å². The number of likely N-dealkylation sites (N-methyl/N-ethyl adjacent to an activating group) is 1. The van der Waals surface area contributed by atoms with Crippen LogP contribution >= 0.6 is 0 Å². The van der Waals surface area contributed by atoms with E-state index in [2.05, 4.69) is 28.7 Å². The van der Waals surface area contributed by atoms with Crippen molar-refractivity contribution in [2.75, 3.05) is 7.05 Å². The fourth-order valence-corrected chi connectivity index (χ4v) is 2.01. The van der Waals surface area contributed by atoms with Crippen LogP contribution < -0.4 is 5.32 Å². The van der Waals surface area contributed by atoms with Crippen LogP contribution in [0.1, 0.15) is 39.2 Å². The van der Waals surface area contributed by atoms with Crippen LogP contribution in [0.4, 0.5) is 0 Å². The van der Waals surface area contributed by atoms with Gasteiger partial charge >= 0.3 is 0 Å². The number of hydrogen-bond donors (Lipinski definition) is 1. The van der Waals surface area contributed by atoms with Crippen molar-refractivity contribution in [2.24, 2.45) is 0 Å². The third-order valence-electron chi connectivity index (χ3n) is 2.76. The Morgan fingerprint density at radius 3 is 2.64 bits per heavy atom. The second kappa shape index (κ2) is 5.81. The molecule has 3 nitrogen and oxygen atoms in total. The predicted octanol–water partition coefficient (Wildman–Crippen LogP) is 2.22. The molecule has 1 aromatic heterocycles. The Morgan fingerprint density at radius 2 is 2.21 bits per heavy atom. The normalized spacial score (nSPS) is 15.4. The molecule has 1 rings (SSSR count). The molecule has 1 aromatic rings. The fraction of sp³-hybridized carbons (Fsp3) is 0.727. The van der Waals surface area contributed by atoms with E-state index in [1.54, 1.807) is 0 Å². The van der Waals surface area contributed by atoms with Gasteiger partial charge < -0.3 is 9.88 Å². The molecular formula is C11H21N3. The lowest BCUT2D eigenvalue weighted by Gasteiger charge is -2.26. The van der Waals surface area contributed by atoms with E-state index in [0.717, 1.165) is 6.42 Å². The van der Waals surface area contributed by atoms with Crippen molar-refractivity contribution < 1.29 is 0 Å². The van der Waals surface area contributed by atoms with Gasteiger partial charge in [-0.2, -0.15) is 0 Å². The fourth-order valence-electron chi connectivity index (χ4n) is 2.01. The maximum absolute atomic E-state index is 4.10. The first-order valence-corrected chi connectivity index (χ1v) is 5.48. The summed E-state index contributed by atoms with van der Waals surface area (Å²) in [5, 5.41) is 3.39. The third-order valence-corrected chi connectivity index (χ3v) is 2.76. The summed E-state index contributed by atoms with van der Waals surface area (Å²) >= 11 is 0. The Kier molecular flexibility index (Phi) is 4.66. The molecule has 0 aromatic carbocycles. The Hall–Kier alpha value is -0.830. The van der Waals surface area contributed by atoms with Crippen molar-refractivity contribution in [3.63, 3.8) is 0 Å². The van der Waals surface area contributed by atoms with Gasteiger partial charge in [-0.25, -0.2) is 4.98 Å².